The number of nitrogens with one attached hydrogen (secondary N) is 1. The van der Waals surface area contributed by atoms with Gasteiger partial charge in [-0.25, -0.2) is 4.79 Å². The molecule has 7 nitrogen and oxygen atoms in total. The number of aliphatic carboxylic acids is 2. The standard InChI is InChI=1S/C15H19NO6/c1-2-10-4-3-5-11(8-10)22-9-13(17)16-12(15(20)21)6-7-14(18)19/h3-5,8,12H,2,6-7,9H2,1H3,(H,16,17)(H,18,19)(H,20,21). The van der Waals surface area contributed by atoms with Gasteiger partial charge in [-0.05, 0) is 30.5 Å². The molecule has 120 valence electrons. The van der Waals surface area contributed by atoms with Crippen molar-refractivity contribution in [2.45, 2.75) is 32.2 Å². The van der Waals surface area contributed by atoms with E-state index in [-0.39, 0.29) is 19.4 Å². The minimum Gasteiger partial charge on any atom is -0.484 e. The average Bonchev–Trinajstić information content (AvgIpc) is 2.49. The molecule has 1 unspecified atom stereocenters. The summed E-state index contributed by atoms with van der Waals surface area (Å²) in [5, 5.41) is 19.7. The molecule has 1 aromatic rings. The van der Waals surface area contributed by atoms with Crippen LogP contribution in [0.15, 0.2) is 24.3 Å². The third-order valence-electron chi connectivity index (χ3n) is 2.96. The summed E-state index contributed by atoms with van der Waals surface area (Å²) in [6.07, 6.45) is 0.318. The van der Waals surface area contributed by atoms with Crippen molar-refractivity contribution in [3.8, 4) is 5.75 Å². The van der Waals surface area contributed by atoms with Crippen molar-refractivity contribution in [2.75, 3.05) is 6.61 Å². The Hall–Kier alpha value is -2.57. The molecule has 1 aromatic carbocycles. The van der Waals surface area contributed by atoms with Crippen molar-refractivity contribution in [1.29, 1.82) is 0 Å². The van der Waals surface area contributed by atoms with Gasteiger partial charge in [-0.15, -0.1) is 0 Å². The van der Waals surface area contributed by atoms with Gasteiger partial charge in [0.15, 0.2) is 6.61 Å². The number of amides is 1. The minimum absolute atomic E-state index is 0.179. The Morgan fingerprint density at radius 2 is 2.00 bits per heavy atom. The van der Waals surface area contributed by atoms with Crippen LogP contribution in [0.4, 0.5) is 0 Å². The molecule has 0 aliphatic heterocycles. The van der Waals surface area contributed by atoms with Crippen LogP contribution in [-0.4, -0.2) is 40.7 Å². The van der Waals surface area contributed by atoms with Gasteiger partial charge in [0.05, 0.1) is 0 Å². The summed E-state index contributed by atoms with van der Waals surface area (Å²) in [6, 6.07) is 5.99. The molecule has 0 heterocycles. The first-order valence-corrected chi connectivity index (χ1v) is 6.88. The fourth-order valence-electron chi connectivity index (χ4n) is 1.77. The summed E-state index contributed by atoms with van der Waals surface area (Å²) in [5.41, 5.74) is 1.06. The first kappa shape index (κ1) is 17.5. The average molecular weight is 309 g/mol. The van der Waals surface area contributed by atoms with Gasteiger partial charge in [0.2, 0.25) is 0 Å². The molecule has 0 saturated carbocycles. The Bertz CT molecular complexity index is 543. The highest BCUT2D eigenvalue weighted by Gasteiger charge is 2.21. The molecule has 0 spiro atoms. The highest BCUT2D eigenvalue weighted by atomic mass is 16.5. The van der Waals surface area contributed by atoms with Gasteiger partial charge in [0, 0.05) is 6.42 Å². The second-order valence-electron chi connectivity index (χ2n) is 4.68. The van der Waals surface area contributed by atoms with Gasteiger partial charge in [0.25, 0.3) is 5.91 Å². The third kappa shape index (κ3) is 6.25. The number of ether oxygens (including phenoxy) is 1. The van der Waals surface area contributed by atoms with Crippen molar-refractivity contribution in [3.05, 3.63) is 29.8 Å². The van der Waals surface area contributed by atoms with E-state index >= 15 is 0 Å². The second kappa shape index (κ2) is 8.66. The zero-order valence-corrected chi connectivity index (χ0v) is 12.2. The van der Waals surface area contributed by atoms with Crippen molar-refractivity contribution in [1.82, 2.24) is 5.32 Å². The zero-order chi connectivity index (χ0) is 16.5. The van der Waals surface area contributed by atoms with E-state index in [1.54, 1.807) is 18.2 Å². The highest BCUT2D eigenvalue weighted by molar-refractivity contribution is 5.84. The first-order chi connectivity index (χ1) is 10.4. The normalized spacial score (nSPS) is 11.5. The summed E-state index contributed by atoms with van der Waals surface area (Å²) in [7, 11) is 0. The van der Waals surface area contributed by atoms with Gasteiger partial charge in [-0.3, -0.25) is 9.59 Å². The number of carboxylic acids is 2. The van der Waals surface area contributed by atoms with Crippen LogP contribution in [0.1, 0.15) is 25.3 Å². The Labute approximate surface area is 127 Å². The molecule has 0 aromatic heterocycles. The van der Waals surface area contributed by atoms with Crippen LogP contribution >= 0.6 is 0 Å². The smallest absolute Gasteiger partial charge is 0.326 e. The summed E-state index contributed by atoms with van der Waals surface area (Å²) >= 11 is 0. The van der Waals surface area contributed by atoms with Gasteiger partial charge >= 0.3 is 11.9 Å². The van der Waals surface area contributed by atoms with Crippen molar-refractivity contribution < 1.29 is 29.3 Å². The molecule has 0 aliphatic rings. The van der Waals surface area contributed by atoms with Crippen LogP contribution in [0.2, 0.25) is 0 Å². The molecule has 0 bridgehead atoms. The van der Waals surface area contributed by atoms with Gasteiger partial charge in [-0.1, -0.05) is 19.1 Å². The van der Waals surface area contributed by atoms with Crippen molar-refractivity contribution in [2.24, 2.45) is 0 Å². The van der Waals surface area contributed by atoms with E-state index in [9.17, 15) is 14.4 Å². The number of rotatable bonds is 9. The molecule has 0 fully saturated rings. The minimum atomic E-state index is -1.28. The quantitative estimate of drug-likeness (QED) is 0.628. The molecule has 0 radical (unpaired) electrons. The molecule has 0 saturated heterocycles. The molecule has 0 aliphatic carbocycles. The van der Waals surface area contributed by atoms with E-state index in [0.717, 1.165) is 12.0 Å². The lowest BCUT2D eigenvalue weighted by Gasteiger charge is -2.14. The lowest BCUT2D eigenvalue weighted by Crippen LogP contribution is -2.43. The highest BCUT2D eigenvalue weighted by Crippen LogP contribution is 2.13. The maximum absolute atomic E-state index is 11.7. The molecule has 1 amide bonds. The Morgan fingerprint density at radius 3 is 2.59 bits per heavy atom. The van der Waals surface area contributed by atoms with Crippen LogP contribution in [0.3, 0.4) is 0 Å². The lowest BCUT2D eigenvalue weighted by molar-refractivity contribution is -0.143. The molecule has 1 rings (SSSR count). The van der Waals surface area contributed by atoms with Gasteiger partial charge in [-0.2, -0.15) is 0 Å². The SMILES string of the molecule is CCc1cccc(OCC(=O)NC(CCC(=O)O)C(=O)O)c1. The van der Waals surface area contributed by atoms with E-state index < -0.39 is 23.9 Å². The lowest BCUT2D eigenvalue weighted by atomic mass is 10.1. The predicted octanol–water partition coefficient (Wildman–Crippen LogP) is 1.06. The van der Waals surface area contributed by atoms with Gasteiger partial charge < -0.3 is 20.3 Å². The molecular formula is C15H19NO6. The van der Waals surface area contributed by atoms with E-state index in [2.05, 4.69) is 5.32 Å². The maximum atomic E-state index is 11.7. The molecular weight excluding hydrogens is 290 g/mol. The summed E-state index contributed by atoms with van der Waals surface area (Å²) < 4.78 is 5.30. The van der Waals surface area contributed by atoms with Crippen molar-refractivity contribution in [3.63, 3.8) is 0 Å². The van der Waals surface area contributed by atoms with E-state index in [1.807, 2.05) is 13.0 Å². The number of hydrogen-bond acceptors (Lipinski definition) is 4. The van der Waals surface area contributed by atoms with Crippen LogP contribution in [-0.2, 0) is 20.8 Å². The largest absolute Gasteiger partial charge is 0.484 e. The van der Waals surface area contributed by atoms with Crippen LogP contribution < -0.4 is 10.1 Å². The van der Waals surface area contributed by atoms with E-state index in [0.29, 0.717) is 5.75 Å². The van der Waals surface area contributed by atoms with Crippen molar-refractivity contribution >= 4 is 17.8 Å². The van der Waals surface area contributed by atoms with Crippen LogP contribution in [0, 0.1) is 0 Å². The number of carboxylic acid groups (broad SMARTS) is 2. The fraction of sp³-hybridized carbons (Fsp3) is 0.400. The maximum Gasteiger partial charge on any atom is 0.326 e. The number of carbonyl (C=O) groups is 3. The molecule has 22 heavy (non-hydrogen) atoms. The topological polar surface area (TPSA) is 113 Å². The second-order valence-corrected chi connectivity index (χ2v) is 4.68. The first-order valence-electron chi connectivity index (χ1n) is 6.88. The van der Waals surface area contributed by atoms with Crippen LogP contribution in [0.5, 0.6) is 5.75 Å². The zero-order valence-electron chi connectivity index (χ0n) is 12.2. The number of carbonyl (C=O) groups excluding carboxylic acids is 1. The monoisotopic (exact) mass is 309 g/mol. The van der Waals surface area contributed by atoms with Crippen LogP contribution in [0.25, 0.3) is 0 Å². The number of benzene rings is 1. The molecule has 3 N–H and O–H groups in total. The van der Waals surface area contributed by atoms with E-state index in [1.165, 1.54) is 0 Å². The molecule has 1 atom stereocenters. The Kier molecular flexibility index (Phi) is 6.88. The fourth-order valence-corrected chi connectivity index (χ4v) is 1.77. The Balaban J connectivity index is 2.49. The third-order valence-corrected chi connectivity index (χ3v) is 2.96. The number of aryl methyl sites for hydroxylation is 1. The summed E-state index contributed by atoms with van der Waals surface area (Å²) in [4.78, 5) is 33.1. The van der Waals surface area contributed by atoms with Gasteiger partial charge in [0.1, 0.15) is 11.8 Å². The molecule has 7 heteroatoms. The summed E-state index contributed by atoms with van der Waals surface area (Å²) in [6.45, 7) is 1.66. The summed E-state index contributed by atoms with van der Waals surface area (Å²) in [5.74, 6) is -2.48. The Morgan fingerprint density at radius 1 is 1.27 bits per heavy atom. The predicted molar refractivity (Wildman–Crippen MR) is 77.8 cm³/mol. The number of hydrogen-bond donors (Lipinski definition) is 3. The van der Waals surface area contributed by atoms with E-state index in [4.69, 9.17) is 14.9 Å².